The second kappa shape index (κ2) is 7.59. The van der Waals surface area contributed by atoms with Crippen LogP contribution in [0.2, 0.25) is 0 Å². The number of nitrogens with one attached hydrogen (secondary N) is 2. The monoisotopic (exact) mass is 317 g/mol. The van der Waals surface area contributed by atoms with Crippen LogP contribution in [0.5, 0.6) is 0 Å². The molecule has 1 saturated carbocycles. The number of hydrogen-bond donors (Lipinski definition) is 3. The van der Waals surface area contributed by atoms with Crippen molar-refractivity contribution >= 4 is 17.5 Å². The summed E-state index contributed by atoms with van der Waals surface area (Å²) in [6, 6.07) is 5.37. The summed E-state index contributed by atoms with van der Waals surface area (Å²) >= 11 is 0. The van der Waals surface area contributed by atoms with E-state index >= 15 is 0 Å². The minimum Gasteiger partial charge on any atom is -0.355 e. The molecule has 5 nitrogen and oxygen atoms in total. The number of anilines is 1. The first kappa shape index (κ1) is 17.5. The first-order chi connectivity index (χ1) is 11.0. The van der Waals surface area contributed by atoms with Crippen molar-refractivity contribution in [2.45, 2.75) is 45.4 Å². The van der Waals surface area contributed by atoms with Crippen LogP contribution < -0.4 is 16.4 Å². The van der Waals surface area contributed by atoms with E-state index < -0.39 is 0 Å². The third kappa shape index (κ3) is 4.10. The van der Waals surface area contributed by atoms with Gasteiger partial charge in [0, 0.05) is 24.7 Å². The maximum atomic E-state index is 12.5. The molecule has 2 amide bonds. The molecule has 1 aromatic carbocycles. The van der Waals surface area contributed by atoms with Crippen LogP contribution in [-0.2, 0) is 4.79 Å². The van der Waals surface area contributed by atoms with Gasteiger partial charge in [0.15, 0.2) is 0 Å². The van der Waals surface area contributed by atoms with Gasteiger partial charge in [0.1, 0.15) is 0 Å². The first-order valence-corrected chi connectivity index (χ1v) is 8.33. The van der Waals surface area contributed by atoms with Gasteiger partial charge in [0.05, 0.1) is 0 Å². The SMILES string of the molecule is CNC(=O)c1cccc(NC(=O)CC2(CN)CCCCC2)c1C. The normalized spacial score (nSPS) is 16.7. The molecule has 4 N–H and O–H groups in total. The number of amides is 2. The van der Waals surface area contributed by atoms with E-state index in [4.69, 9.17) is 5.73 Å². The molecule has 0 aliphatic heterocycles. The number of carbonyl (C=O) groups is 2. The van der Waals surface area contributed by atoms with Gasteiger partial charge in [0.2, 0.25) is 5.91 Å². The van der Waals surface area contributed by atoms with Gasteiger partial charge in [0.25, 0.3) is 5.91 Å². The highest BCUT2D eigenvalue weighted by molar-refractivity contribution is 5.99. The maximum Gasteiger partial charge on any atom is 0.251 e. The van der Waals surface area contributed by atoms with Crippen molar-refractivity contribution in [3.63, 3.8) is 0 Å². The Morgan fingerprint density at radius 3 is 2.52 bits per heavy atom. The Morgan fingerprint density at radius 2 is 1.91 bits per heavy atom. The van der Waals surface area contributed by atoms with Crippen molar-refractivity contribution in [2.24, 2.45) is 11.1 Å². The molecular weight excluding hydrogens is 290 g/mol. The Bertz CT molecular complexity index is 578. The van der Waals surface area contributed by atoms with Crippen LogP contribution in [0.15, 0.2) is 18.2 Å². The summed E-state index contributed by atoms with van der Waals surface area (Å²) in [6.07, 6.45) is 6.03. The lowest BCUT2D eigenvalue weighted by molar-refractivity contribution is -0.118. The molecule has 0 spiro atoms. The Morgan fingerprint density at radius 1 is 1.22 bits per heavy atom. The molecule has 1 fully saturated rings. The molecule has 2 rings (SSSR count). The van der Waals surface area contributed by atoms with E-state index in [9.17, 15) is 9.59 Å². The minimum absolute atomic E-state index is 0.0190. The topological polar surface area (TPSA) is 84.2 Å². The summed E-state index contributed by atoms with van der Waals surface area (Å²) in [5.74, 6) is -0.168. The standard InChI is InChI=1S/C18H27N3O2/c1-13-14(17(23)20-2)7-6-8-15(13)21-16(22)11-18(12-19)9-4-3-5-10-18/h6-8H,3-5,9-12,19H2,1-2H3,(H,20,23)(H,21,22). The number of benzene rings is 1. The Balaban J connectivity index is 2.09. The minimum atomic E-state index is -0.149. The van der Waals surface area contributed by atoms with Gasteiger partial charge >= 0.3 is 0 Å². The van der Waals surface area contributed by atoms with Crippen LogP contribution in [0.3, 0.4) is 0 Å². The molecule has 0 radical (unpaired) electrons. The van der Waals surface area contributed by atoms with Gasteiger partial charge in [-0.2, -0.15) is 0 Å². The zero-order chi connectivity index (χ0) is 16.9. The van der Waals surface area contributed by atoms with E-state index in [0.29, 0.717) is 24.2 Å². The number of nitrogens with two attached hydrogens (primary N) is 1. The molecule has 0 saturated heterocycles. The number of carbonyl (C=O) groups excluding carboxylic acids is 2. The van der Waals surface area contributed by atoms with Gasteiger partial charge in [-0.05, 0) is 49.4 Å². The second-order valence-corrected chi connectivity index (χ2v) is 6.55. The smallest absolute Gasteiger partial charge is 0.251 e. The van der Waals surface area contributed by atoms with Gasteiger partial charge in [-0.3, -0.25) is 9.59 Å². The van der Waals surface area contributed by atoms with Crippen LogP contribution in [0.1, 0.15) is 54.4 Å². The molecule has 1 aliphatic carbocycles. The molecule has 0 heterocycles. The molecule has 5 heteroatoms. The lowest BCUT2D eigenvalue weighted by atomic mass is 9.71. The molecule has 0 unspecified atom stereocenters. The van der Waals surface area contributed by atoms with Crippen LogP contribution in [-0.4, -0.2) is 25.4 Å². The summed E-state index contributed by atoms with van der Waals surface area (Å²) in [7, 11) is 1.60. The van der Waals surface area contributed by atoms with Crippen molar-refractivity contribution < 1.29 is 9.59 Å². The quantitative estimate of drug-likeness (QED) is 0.780. The van der Waals surface area contributed by atoms with Gasteiger partial charge in [-0.15, -0.1) is 0 Å². The van der Waals surface area contributed by atoms with E-state index in [1.807, 2.05) is 13.0 Å². The molecule has 1 aromatic rings. The van der Waals surface area contributed by atoms with Gasteiger partial charge in [-0.1, -0.05) is 25.3 Å². The Kier molecular flexibility index (Phi) is 5.77. The fourth-order valence-electron chi connectivity index (χ4n) is 3.44. The molecule has 0 bridgehead atoms. The number of hydrogen-bond acceptors (Lipinski definition) is 3. The molecule has 126 valence electrons. The molecular formula is C18H27N3O2. The largest absolute Gasteiger partial charge is 0.355 e. The lowest BCUT2D eigenvalue weighted by Crippen LogP contribution is -2.36. The van der Waals surface area contributed by atoms with E-state index in [1.165, 1.54) is 6.42 Å². The summed E-state index contributed by atoms with van der Waals surface area (Å²) in [4.78, 5) is 24.3. The summed E-state index contributed by atoms with van der Waals surface area (Å²) in [6.45, 7) is 2.40. The van der Waals surface area contributed by atoms with Crippen molar-refractivity contribution in [1.82, 2.24) is 5.32 Å². The fourth-order valence-corrected chi connectivity index (χ4v) is 3.44. The first-order valence-electron chi connectivity index (χ1n) is 8.33. The van der Waals surface area contributed by atoms with Crippen LogP contribution in [0, 0.1) is 12.3 Å². The van der Waals surface area contributed by atoms with Crippen molar-refractivity contribution in [1.29, 1.82) is 0 Å². The van der Waals surface area contributed by atoms with E-state index in [2.05, 4.69) is 10.6 Å². The highest BCUT2D eigenvalue weighted by Gasteiger charge is 2.33. The van der Waals surface area contributed by atoms with Gasteiger partial charge in [-0.25, -0.2) is 0 Å². The summed E-state index contributed by atoms with van der Waals surface area (Å²) in [5.41, 5.74) is 7.95. The second-order valence-electron chi connectivity index (χ2n) is 6.55. The van der Waals surface area contributed by atoms with E-state index in [-0.39, 0.29) is 17.2 Å². The number of rotatable bonds is 5. The fraction of sp³-hybridized carbons (Fsp3) is 0.556. The van der Waals surface area contributed by atoms with E-state index in [1.54, 1.807) is 19.2 Å². The lowest BCUT2D eigenvalue weighted by Gasteiger charge is -2.35. The summed E-state index contributed by atoms with van der Waals surface area (Å²) in [5, 5.41) is 5.58. The zero-order valence-electron chi connectivity index (χ0n) is 14.1. The van der Waals surface area contributed by atoms with Gasteiger partial charge < -0.3 is 16.4 Å². The molecule has 0 aromatic heterocycles. The average Bonchev–Trinajstić information content (AvgIpc) is 2.57. The van der Waals surface area contributed by atoms with Crippen molar-refractivity contribution in [3.05, 3.63) is 29.3 Å². The highest BCUT2D eigenvalue weighted by atomic mass is 16.2. The Hall–Kier alpha value is -1.88. The summed E-state index contributed by atoms with van der Waals surface area (Å²) < 4.78 is 0. The van der Waals surface area contributed by atoms with Crippen LogP contribution in [0.25, 0.3) is 0 Å². The van der Waals surface area contributed by atoms with Crippen LogP contribution in [0.4, 0.5) is 5.69 Å². The highest BCUT2D eigenvalue weighted by Crippen LogP contribution is 2.38. The predicted molar refractivity (Wildman–Crippen MR) is 92.4 cm³/mol. The van der Waals surface area contributed by atoms with Crippen molar-refractivity contribution in [3.8, 4) is 0 Å². The molecule has 23 heavy (non-hydrogen) atoms. The average molecular weight is 317 g/mol. The van der Waals surface area contributed by atoms with Crippen LogP contribution >= 0.6 is 0 Å². The third-order valence-corrected chi connectivity index (χ3v) is 4.96. The van der Waals surface area contributed by atoms with Crippen molar-refractivity contribution in [2.75, 3.05) is 18.9 Å². The zero-order valence-corrected chi connectivity index (χ0v) is 14.1. The predicted octanol–water partition coefficient (Wildman–Crippen LogP) is 2.59. The third-order valence-electron chi connectivity index (χ3n) is 4.96. The molecule has 0 atom stereocenters. The molecule has 1 aliphatic rings. The van der Waals surface area contributed by atoms with E-state index in [0.717, 1.165) is 31.2 Å². The maximum absolute atomic E-state index is 12.5. The Labute approximate surface area is 138 Å².